The highest BCUT2D eigenvalue weighted by molar-refractivity contribution is 5.76. The first kappa shape index (κ1) is 20.1. The van der Waals surface area contributed by atoms with Crippen LogP contribution in [0.25, 0.3) is 0 Å². The number of Topliss-reactive ketones (excluding diaryl/α,β-unsaturated/α-hetero) is 1. The first-order chi connectivity index (χ1) is 11.1. The second-order valence-electron chi connectivity index (χ2n) is 5.90. The number of ketones is 1. The largest absolute Gasteiger partial charge is 0.463 e. The summed E-state index contributed by atoms with van der Waals surface area (Å²) in [4.78, 5) is 45.5. The number of ether oxygens (including phenoxy) is 4. The van der Waals surface area contributed by atoms with Gasteiger partial charge in [-0.3, -0.25) is 14.4 Å². The van der Waals surface area contributed by atoms with E-state index < -0.39 is 48.2 Å². The Morgan fingerprint density at radius 3 is 1.88 bits per heavy atom. The van der Waals surface area contributed by atoms with Gasteiger partial charge >= 0.3 is 17.9 Å². The SMILES string of the molecule is CC(=O)CC1C(C)O[C@H](COC(C)=O)[C@H](OC(C)=O)[C@@H]1OC(C)=O. The van der Waals surface area contributed by atoms with Gasteiger partial charge in [-0.05, 0) is 13.8 Å². The van der Waals surface area contributed by atoms with Crippen molar-refractivity contribution in [1.29, 1.82) is 0 Å². The van der Waals surface area contributed by atoms with E-state index in [9.17, 15) is 19.2 Å². The van der Waals surface area contributed by atoms with Gasteiger partial charge in [-0.2, -0.15) is 0 Å². The molecule has 0 amide bonds. The highest BCUT2D eigenvalue weighted by atomic mass is 16.6. The molecule has 24 heavy (non-hydrogen) atoms. The third-order valence-corrected chi connectivity index (χ3v) is 3.68. The summed E-state index contributed by atoms with van der Waals surface area (Å²) >= 11 is 0. The molecule has 0 spiro atoms. The first-order valence-corrected chi connectivity index (χ1v) is 7.74. The summed E-state index contributed by atoms with van der Waals surface area (Å²) in [5.41, 5.74) is 0. The zero-order valence-corrected chi connectivity index (χ0v) is 14.6. The molecule has 0 saturated carbocycles. The number of esters is 3. The molecule has 1 rings (SSSR count). The fraction of sp³-hybridized carbons (Fsp3) is 0.750. The van der Waals surface area contributed by atoms with Gasteiger partial charge in [0.2, 0.25) is 0 Å². The minimum atomic E-state index is -0.966. The predicted octanol–water partition coefficient (Wildman–Crippen LogP) is 0.795. The number of rotatable bonds is 6. The van der Waals surface area contributed by atoms with E-state index >= 15 is 0 Å². The van der Waals surface area contributed by atoms with Crippen molar-refractivity contribution < 1.29 is 38.1 Å². The number of carbonyl (C=O) groups is 4. The van der Waals surface area contributed by atoms with Crippen molar-refractivity contribution >= 4 is 23.7 Å². The van der Waals surface area contributed by atoms with Crippen molar-refractivity contribution in [2.45, 2.75) is 65.5 Å². The van der Waals surface area contributed by atoms with Crippen LogP contribution in [0.15, 0.2) is 0 Å². The molecule has 0 bridgehead atoms. The van der Waals surface area contributed by atoms with Gasteiger partial charge in [-0.15, -0.1) is 0 Å². The third-order valence-electron chi connectivity index (χ3n) is 3.68. The maximum atomic E-state index is 11.5. The molecule has 1 heterocycles. The molecule has 0 N–H and O–H groups in total. The second kappa shape index (κ2) is 8.77. The van der Waals surface area contributed by atoms with E-state index in [1.165, 1.54) is 27.7 Å². The molecule has 1 fully saturated rings. The molecular formula is C16H24O8. The Balaban J connectivity index is 3.11. The van der Waals surface area contributed by atoms with Crippen molar-refractivity contribution in [3.05, 3.63) is 0 Å². The lowest BCUT2D eigenvalue weighted by molar-refractivity contribution is -0.230. The predicted molar refractivity (Wildman–Crippen MR) is 80.9 cm³/mol. The van der Waals surface area contributed by atoms with Crippen LogP contribution in [-0.4, -0.2) is 54.7 Å². The molecule has 0 radical (unpaired) electrons. The summed E-state index contributed by atoms with van der Waals surface area (Å²) in [5.74, 6) is -2.24. The third kappa shape index (κ3) is 5.92. The van der Waals surface area contributed by atoms with Crippen LogP contribution in [-0.2, 0) is 38.1 Å². The lowest BCUT2D eigenvalue weighted by Gasteiger charge is -2.44. The normalized spacial score (nSPS) is 29.5. The van der Waals surface area contributed by atoms with E-state index in [1.54, 1.807) is 6.92 Å². The van der Waals surface area contributed by atoms with Gasteiger partial charge in [0.25, 0.3) is 0 Å². The van der Waals surface area contributed by atoms with Crippen LogP contribution >= 0.6 is 0 Å². The monoisotopic (exact) mass is 344 g/mol. The fourth-order valence-corrected chi connectivity index (χ4v) is 2.80. The standard InChI is InChI=1S/C16H24O8/c1-8(17)6-13-9(2)22-14(7-21-10(3)18)16(24-12(5)20)15(13)23-11(4)19/h9,13-16H,6-7H2,1-5H3/t9?,13?,14-,15-,16+/m1/s1. The Labute approximate surface area is 140 Å². The topological polar surface area (TPSA) is 105 Å². The van der Waals surface area contributed by atoms with Crippen LogP contribution in [0.4, 0.5) is 0 Å². The Morgan fingerprint density at radius 1 is 0.875 bits per heavy atom. The molecule has 0 aromatic carbocycles. The summed E-state index contributed by atoms with van der Waals surface area (Å²) in [6.07, 6.45) is -2.96. The van der Waals surface area contributed by atoms with Crippen LogP contribution in [0.3, 0.4) is 0 Å². The van der Waals surface area contributed by atoms with Crippen LogP contribution in [0.2, 0.25) is 0 Å². The molecule has 8 heteroatoms. The molecular weight excluding hydrogens is 320 g/mol. The van der Waals surface area contributed by atoms with Gasteiger partial charge in [-0.1, -0.05) is 0 Å². The van der Waals surface area contributed by atoms with E-state index in [-0.39, 0.29) is 18.8 Å². The minimum absolute atomic E-state index is 0.104. The lowest BCUT2D eigenvalue weighted by Crippen LogP contribution is -2.58. The summed E-state index contributed by atoms with van der Waals surface area (Å²) in [7, 11) is 0. The van der Waals surface area contributed by atoms with E-state index in [1.807, 2.05) is 0 Å². The average Bonchev–Trinajstić information content (AvgIpc) is 2.42. The smallest absolute Gasteiger partial charge is 0.303 e. The summed E-state index contributed by atoms with van der Waals surface area (Å²) in [6, 6.07) is 0. The average molecular weight is 344 g/mol. The molecule has 0 aliphatic carbocycles. The van der Waals surface area contributed by atoms with Gasteiger partial charge < -0.3 is 23.7 Å². The Kier molecular flexibility index (Phi) is 7.34. The zero-order valence-electron chi connectivity index (χ0n) is 14.6. The van der Waals surface area contributed by atoms with Crippen LogP contribution < -0.4 is 0 Å². The Hall–Kier alpha value is -1.96. The van der Waals surface area contributed by atoms with Crippen molar-refractivity contribution in [2.24, 2.45) is 5.92 Å². The number of hydrogen-bond acceptors (Lipinski definition) is 8. The first-order valence-electron chi connectivity index (χ1n) is 7.74. The molecule has 1 aliphatic heterocycles. The molecule has 8 nitrogen and oxygen atoms in total. The van der Waals surface area contributed by atoms with Gasteiger partial charge in [0.1, 0.15) is 24.6 Å². The van der Waals surface area contributed by atoms with Gasteiger partial charge in [0.15, 0.2) is 6.10 Å². The molecule has 2 unspecified atom stereocenters. The van der Waals surface area contributed by atoms with E-state index in [2.05, 4.69) is 0 Å². The maximum absolute atomic E-state index is 11.5. The zero-order chi connectivity index (χ0) is 18.4. The summed E-state index contributed by atoms with van der Waals surface area (Å²) in [5, 5.41) is 0. The Morgan fingerprint density at radius 2 is 1.42 bits per heavy atom. The Bertz CT molecular complexity index is 500. The van der Waals surface area contributed by atoms with Crippen LogP contribution in [0.5, 0.6) is 0 Å². The maximum Gasteiger partial charge on any atom is 0.303 e. The molecule has 1 aliphatic rings. The fourth-order valence-electron chi connectivity index (χ4n) is 2.80. The van der Waals surface area contributed by atoms with Crippen molar-refractivity contribution in [3.8, 4) is 0 Å². The molecule has 0 aromatic rings. The highest BCUT2D eigenvalue weighted by Gasteiger charge is 2.48. The number of carbonyl (C=O) groups excluding carboxylic acids is 4. The number of hydrogen-bond donors (Lipinski definition) is 0. The van der Waals surface area contributed by atoms with Gasteiger partial charge in [-0.25, -0.2) is 0 Å². The van der Waals surface area contributed by atoms with E-state index in [0.717, 1.165) is 0 Å². The highest BCUT2D eigenvalue weighted by Crippen LogP contribution is 2.33. The van der Waals surface area contributed by atoms with Crippen molar-refractivity contribution in [3.63, 3.8) is 0 Å². The minimum Gasteiger partial charge on any atom is -0.463 e. The van der Waals surface area contributed by atoms with Crippen LogP contribution in [0, 0.1) is 5.92 Å². The summed E-state index contributed by atoms with van der Waals surface area (Å²) < 4.78 is 21.3. The van der Waals surface area contributed by atoms with E-state index in [4.69, 9.17) is 18.9 Å². The second-order valence-corrected chi connectivity index (χ2v) is 5.90. The van der Waals surface area contributed by atoms with Gasteiger partial charge in [0.05, 0.1) is 6.10 Å². The van der Waals surface area contributed by atoms with Crippen LogP contribution in [0.1, 0.15) is 41.0 Å². The molecule has 1 saturated heterocycles. The molecule has 136 valence electrons. The van der Waals surface area contributed by atoms with E-state index in [0.29, 0.717) is 0 Å². The lowest BCUT2D eigenvalue weighted by atomic mass is 9.83. The summed E-state index contributed by atoms with van der Waals surface area (Å²) in [6.45, 7) is 6.69. The van der Waals surface area contributed by atoms with Crippen molar-refractivity contribution in [2.75, 3.05) is 6.61 Å². The quantitative estimate of drug-likeness (QED) is 0.514. The molecule has 5 atom stereocenters. The van der Waals surface area contributed by atoms with Crippen molar-refractivity contribution in [1.82, 2.24) is 0 Å². The van der Waals surface area contributed by atoms with Gasteiger partial charge in [0, 0.05) is 33.1 Å². The molecule has 0 aromatic heterocycles.